The van der Waals surface area contributed by atoms with Crippen molar-refractivity contribution in [3.05, 3.63) is 70.3 Å². The number of ether oxygens (including phenoxy) is 3. The fourth-order valence-electron chi connectivity index (χ4n) is 6.10. The summed E-state index contributed by atoms with van der Waals surface area (Å²) in [5.41, 5.74) is 1.75. The van der Waals surface area contributed by atoms with E-state index in [-0.39, 0.29) is 23.9 Å². The highest BCUT2D eigenvalue weighted by atomic mass is 32.1. The smallest absolute Gasteiger partial charge is 0.341 e. The topological polar surface area (TPSA) is 106 Å². The molecule has 12 heteroatoms. The van der Waals surface area contributed by atoms with E-state index >= 15 is 4.39 Å². The molecule has 0 saturated carbocycles. The molecule has 5 heterocycles. The predicted molar refractivity (Wildman–Crippen MR) is 166 cm³/mol. The summed E-state index contributed by atoms with van der Waals surface area (Å²) >= 11 is 1.54. The molecule has 44 heavy (non-hydrogen) atoms. The second-order valence-corrected chi connectivity index (χ2v) is 12.5. The lowest BCUT2D eigenvalue weighted by Crippen LogP contribution is -2.53. The van der Waals surface area contributed by atoms with Gasteiger partial charge in [-0.05, 0) is 49.6 Å². The lowest BCUT2D eigenvalue weighted by molar-refractivity contribution is -0.0295. The van der Waals surface area contributed by atoms with E-state index in [9.17, 15) is 14.7 Å². The minimum absolute atomic E-state index is 0.0533. The van der Waals surface area contributed by atoms with Gasteiger partial charge in [0.15, 0.2) is 10.6 Å². The van der Waals surface area contributed by atoms with Gasteiger partial charge in [0, 0.05) is 63.4 Å². The lowest BCUT2D eigenvalue weighted by atomic mass is 10.1. The van der Waals surface area contributed by atoms with Gasteiger partial charge in [-0.15, -0.1) is 0 Å². The minimum atomic E-state index is -1.33. The molecule has 0 amide bonds. The molecule has 2 atom stereocenters. The van der Waals surface area contributed by atoms with Gasteiger partial charge < -0.3 is 33.7 Å². The highest BCUT2D eigenvalue weighted by molar-refractivity contribution is 7.22. The van der Waals surface area contributed by atoms with Crippen molar-refractivity contribution >= 4 is 38.3 Å². The number of nitrogens with zero attached hydrogens (tertiary/aromatic N) is 4. The fourth-order valence-corrected chi connectivity index (χ4v) is 7.11. The summed E-state index contributed by atoms with van der Waals surface area (Å²) in [6.45, 7) is 4.24. The first-order valence-corrected chi connectivity index (χ1v) is 15.6. The number of rotatable bonds is 9. The number of carbonyl (C=O) groups is 1. The Labute approximate surface area is 257 Å². The summed E-state index contributed by atoms with van der Waals surface area (Å²) in [5.74, 6) is -1.75. The molecule has 0 radical (unpaired) electrons. The van der Waals surface area contributed by atoms with Crippen molar-refractivity contribution in [3.8, 4) is 16.9 Å². The number of carboxylic acid groups (broad SMARTS) is 1. The summed E-state index contributed by atoms with van der Waals surface area (Å²) in [6, 6.07) is 11.7. The van der Waals surface area contributed by atoms with Gasteiger partial charge >= 0.3 is 5.97 Å². The maximum absolute atomic E-state index is 15.5. The first-order chi connectivity index (χ1) is 21.4. The molecule has 2 aromatic heterocycles. The van der Waals surface area contributed by atoms with E-state index in [1.807, 2.05) is 23.1 Å². The largest absolute Gasteiger partial charge is 0.477 e. The SMILES string of the molecule is CO[C@@H]1CCN(c2ccc(-c3cc(=O)c(C(=O)O)cn3-c3ccc4nc(N5CC(OCC6CCCO6)C5)sc4c3)cc2F)C1. The molecule has 3 aliphatic rings. The number of benzene rings is 2. The summed E-state index contributed by atoms with van der Waals surface area (Å²) in [5, 5.41) is 10.6. The second kappa shape index (κ2) is 11.9. The van der Waals surface area contributed by atoms with Crippen LogP contribution in [-0.2, 0) is 14.2 Å². The Morgan fingerprint density at radius 1 is 1.11 bits per heavy atom. The molecule has 2 aromatic carbocycles. The normalized spacial score (nSPS) is 20.5. The molecular formula is C32H33FN4O6S. The number of fused-ring (bicyclic) bond motifs is 1. The van der Waals surface area contributed by atoms with Crippen LogP contribution in [0, 0.1) is 5.82 Å². The fraction of sp³-hybridized carbons (Fsp3) is 0.406. The monoisotopic (exact) mass is 620 g/mol. The van der Waals surface area contributed by atoms with E-state index in [1.54, 1.807) is 23.8 Å². The molecular weight excluding hydrogens is 587 g/mol. The Balaban J connectivity index is 1.16. The Kier molecular flexibility index (Phi) is 7.83. The van der Waals surface area contributed by atoms with Crippen molar-refractivity contribution in [2.75, 3.05) is 56.3 Å². The van der Waals surface area contributed by atoms with Crippen LogP contribution in [0.15, 0.2) is 53.5 Å². The van der Waals surface area contributed by atoms with Crippen molar-refractivity contribution in [1.29, 1.82) is 0 Å². The number of hydrogen-bond acceptors (Lipinski definition) is 9. The van der Waals surface area contributed by atoms with Gasteiger partial charge in [-0.25, -0.2) is 14.2 Å². The quantitative estimate of drug-likeness (QED) is 0.288. The number of thiazole rings is 1. The Morgan fingerprint density at radius 2 is 1.95 bits per heavy atom. The molecule has 1 unspecified atom stereocenters. The average molecular weight is 621 g/mol. The first-order valence-electron chi connectivity index (χ1n) is 14.8. The third-order valence-corrected chi connectivity index (χ3v) is 9.72. The Hall–Kier alpha value is -3.84. The maximum atomic E-state index is 15.5. The standard InChI is InChI=1S/C32H33FN4O6S/c1-41-21-8-9-35(14-21)27-7-4-19(11-25(27)33)28-13-29(38)24(31(39)40)17-37(28)20-5-6-26-30(12-20)44-32(34-26)36-15-23(16-36)43-18-22-3-2-10-42-22/h4-7,11-13,17,21-23H,2-3,8-10,14-16,18H2,1H3,(H,39,40)/t21-,22?/m1/s1. The van der Waals surface area contributed by atoms with Crippen molar-refractivity contribution in [3.63, 3.8) is 0 Å². The van der Waals surface area contributed by atoms with E-state index in [0.717, 1.165) is 54.3 Å². The second-order valence-electron chi connectivity index (χ2n) is 11.5. The van der Waals surface area contributed by atoms with E-state index in [4.69, 9.17) is 19.2 Å². The van der Waals surface area contributed by atoms with Crippen molar-refractivity contribution in [2.24, 2.45) is 0 Å². The number of methoxy groups -OCH3 is 1. The number of aromatic nitrogens is 2. The van der Waals surface area contributed by atoms with Gasteiger partial charge in [-0.3, -0.25) is 4.79 Å². The number of carboxylic acids is 1. The van der Waals surface area contributed by atoms with E-state index in [2.05, 4.69) is 4.90 Å². The summed E-state index contributed by atoms with van der Waals surface area (Å²) in [6.07, 6.45) is 4.68. The average Bonchev–Trinajstić information content (AvgIpc) is 3.77. The van der Waals surface area contributed by atoms with Crippen LogP contribution in [0.25, 0.3) is 27.2 Å². The number of anilines is 2. The highest BCUT2D eigenvalue weighted by Gasteiger charge is 2.31. The zero-order chi connectivity index (χ0) is 30.4. The van der Waals surface area contributed by atoms with Gasteiger partial charge in [0.05, 0.1) is 46.5 Å². The summed E-state index contributed by atoms with van der Waals surface area (Å²) < 4.78 is 35.1. The van der Waals surface area contributed by atoms with Gasteiger partial charge in [0.1, 0.15) is 11.4 Å². The van der Waals surface area contributed by atoms with E-state index in [1.165, 1.54) is 29.7 Å². The Bertz CT molecular complexity index is 1760. The minimum Gasteiger partial charge on any atom is -0.477 e. The van der Waals surface area contributed by atoms with E-state index in [0.29, 0.717) is 42.3 Å². The van der Waals surface area contributed by atoms with Crippen LogP contribution in [0.4, 0.5) is 15.2 Å². The predicted octanol–water partition coefficient (Wildman–Crippen LogP) is 4.56. The highest BCUT2D eigenvalue weighted by Crippen LogP contribution is 2.35. The molecule has 3 aliphatic heterocycles. The third-order valence-electron chi connectivity index (χ3n) is 8.64. The number of aromatic carboxylic acids is 1. The van der Waals surface area contributed by atoms with Gasteiger partial charge in [0.2, 0.25) is 0 Å². The van der Waals surface area contributed by atoms with Crippen LogP contribution < -0.4 is 15.2 Å². The summed E-state index contributed by atoms with van der Waals surface area (Å²) in [7, 11) is 1.65. The maximum Gasteiger partial charge on any atom is 0.341 e. The van der Waals surface area contributed by atoms with E-state index < -0.39 is 17.2 Å². The molecule has 3 fully saturated rings. The number of pyridine rings is 1. The van der Waals surface area contributed by atoms with Crippen molar-refractivity contribution in [2.45, 2.75) is 37.6 Å². The third kappa shape index (κ3) is 5.58. The molecule has 0 spiro atoms. The Morgan fingerprint density at radius 3 is 2.68 bits per heavy atom. The van der Waals surface area contributed by atoms with Gasteiger partial charge in [-0.1, -0.05) is 17.4 Å². The first kappa shape index (κ1) is 28.9. The molecule has 0 bridgehead atoms. The molecule has 3 saturated heterocycles. The lowest BCUT2D eigenvalue weighted by Gasteiger charge is -2.39. The van der Waals surface area contributed by atoms with Gasteiger partial charge in [-0.2, -0.15) is 0 Å². The molecule has 4 aromatic rings. The molecule has 230 valence electrons. The number of hydrogen-bond donors (Lipinski definition) is 1. The van der Waals surface area contributed by atoms with Gasteiger partial charge in [0.25, 0.3) is 0 Å². The number of halogens is 1. The van der Waals surface area contributed by atoms with Crippen LogP contribution in [0.2, 0.25) is 0 Å². The zero-order valence-corrected chi connectivity index (χ0v) is 25.1. The van der Waals surface area contributed by atoms with Crippen LogP contribution in [0.1, 0.15) is 29.6 Å². The molecule has 7 rings (SSSR count). The van der Waals surface area contributed by atoms with Crippen molar-refractivity contribution in [1.82, 2.24) is 9.55 Å². The zero-order valence-electron chi connectivity index (χ0n) is 24.3. The molecule has 0 aliphatic carbocycles. The van der Waals surface area contributed by atoms with Crippen LogP contribution in [0.5, 0.6) is 0 Å². The molecule has 10 nitrogen and oxygen atoms in total. The van der Waals surface area contributed by atoms with Crippen LogP contribution in [0.3, 0.4) is 0 Å². The molecule has 1 N–H and O–H groups in total. The van der Waals surface area contributed by atoms with Crippen LogP contribution >= 0.6 is 11.3 Å². The summed E-state index contributed by atoms with van der Waals surface area (Å²) in [4.78, 5) is 33.6. The van der Waals surface area contributed by atoms with Crippen molar-refractivity contribution < 1.29 is 28.5 Å². The van der Waals surface area contributed by atoms with Crippen LogP contribution in [-0.4, -0.2) is 85.4 Å².